The van der Waals surface area contributed by atoms with Crippen molar-refractivity contribution < 1.29 is 9.47 Å². The van der Waals surface area contributed by atoms with Gasteiger partial charge in [0.2, 0.25) is 0 Å². The molecular weight excluding hydrogens is 296 g/mol. The maximum absolute atomic E-state index is 5.95. The summed E-state index contributed by atoms with van der Waals surface area (Å²) in [6.07, 6.45) is 2.06. The van der Waals surface area contributed by atoms with Gasteiger partial charge in [-0.05, 0) is 59.4 Å². The van der Waals surface area contributed by atoms with Crippen molar-refractivity contribution in [3.05, 3.63) is 95.1 Å². The first-order valence-electron chi connectivity index (χ1n) is 8.37. The van der Waals surface area contributed by atoms with Gasteiger partial charge in [-0.1, -0.05) is 48.5 Å². The van der Waals surface area contributed by atoms with Gasteiger partial charge >= 0.3 is 0 Å². The molecule has 4 aliphatic heterocycles. The molecule has 4 heterocycles. The zero-order valence-corrected chi connectivity index (χ0v) is 13.6. The normalized spacial score (nSPS) is 13.8. The zero-order valence-electron chi connectivity index (χ0n) is 13.6. The Morgan fingerprint density at radius 1 is 0.500 bits per heavy atom. The van der Waals surface area contributed by atoms with E-state index in [9.17, 15) is 0 Å². The van der Waals surface area contributed by atoms with Crippen LogP contribution < -0.4 is 9.47 Å². The van der Waals surface area contributed by atoms with Crippen molar-refractivity contribution in [3.63, 3.8) is 0 Å². The van der Waals surface area contributed by atoms with Crippen LogP contribution in [0.2, 0.25) is 0 Å². The molecule has 0 saturated carbocycles. The van der Waals surface area contributed by atoms with Gasteiger partial charge in [0.1, 0.15) is 24.7 Å². The van der Waals surface area contributed by atoms with Crippen molar-refractivity contribution in [1.82, 2.24) is 0 Å². The molecule has 7 rings (SSSR count). The third-order valence-electron chi connectivity index (χ3n) is 4.46. The number of benzene rings is 3. The molecule has 120 valence electrons. The van der Waals surface area contributed by atoms with Crippen LogP contribution in [0, 0.1) is 0 Å². The van der Waals surface area contributed by atoms with Crippen LogP contribution in [-0.4, -0.2) is 0 Å². The van der Waals surface area contributed by atoms with Gasteiger partial charge in [-0.25, -0.2) is 0 Å². The molecule has 4 bridgehead atoms. The first-order valence-corrected chi connectivity index (χ1v) is 8.37. The number of aryl methyl sites for hydroxylation is 2. The van der Waals surface area contributed by atoms with Crippen LogP contribution in [0.3, 0.4) is 0 Å². The van der Waals surface area contributed by atoms with Crippen molar-refractivity contribution >= 4 is 0 Å². The largest absolute Gasteiger partial charge is 0.489 e. The average Bonchev–Trinajstić information content (AvgIpc) is 2.64. The van der Waals surface area contributed by atoms with E-state index in [1.807, 2.05) is 12.1 Å². The van der Waals surface area contributed by atoms with E-state index in [0.717, 1.165) is 35.5 Å². The van der Waals surface area contributed by atoms with Gasteiger partial charge < -0.3 is 9.47 Å². The van der Waals surface area contributed by atoms with Crippen molar-refractivity contribution in [2.75, 3.05) is 0 Å². The Hall–Kier alpha value is -2.74. The molecule has 3 aromatic rings. The smallest absolute Gasteiger partial charge is 0.119 e. The van der Waals surface area contributed by atoms with Crippen LogP contribution in [0.5, 0.6) is 11.5 Å². The second-order valence-electron chi connectivity index (χ2n) is 6.13. The summed E-state index contributed by atoms with van der Waals surface area (Å²) in [5.41, 5.74) is 4.97. The van der Waals surface area contributed by atoms with Crippen LogP contribution >= 0.6 is 0 Å². The summed E-state index contributed by atoms with van der Waals surface area (Å²) < 4.78 is 11.9. The van der Waals surface area contributed by atoms with E-state index in [1.165, 1.54) is 11.1 Å². The summed E-state index contributed by atoms with van der Waals surface area (Å²) in [6, 6.07) is 25.1. The molecule has 0 unspecified atom stereocenters. The Bertz CT molecular complexity index is 734. The van der Waals surface area contributed by atoms with E-state index < -0.39 is 0 Å². The second-order valence-corrected chi connectivity index (χ2v) is 6.13. The Kier molecular flexibility index (Phi) is 4.20. The molecule has 3 aromatic carbocycles. The number of hydrogen-bond acceptors (Lipinski definition) is 2. The molecular formula is C22H20O2. The Labute approximate surface area is 142 Å². The summed E-state index contributed by atoms with van der Waals surface area (Å²) >= 11 is 0. The molecule has 0 N–H and O–H groups in total. The van der Waals surface area contributed by atoms with Crippen LogP contribution in [0.1, 0.15) is 22.3 Å². The van der Waals surface area contributed by atoms with Gasteiger partial charge in [0.05, 0.1) is 0 Å². The molecule has 2 heteroatoms. The molecule has 0 saturated heterocycles. The number of ether oxygens (including phenoxy) is 2. The number of hydrogen-bond donors (Lipinski definition) is 0. The fraction of sp³-hybridized carbons (Fsp3) is 0.182. The Morgan fingerprint density at radius 3 is 1.33 bits per heavy atom. The lowest BCUT2D eigenvalue weighted by atomic mass is 10.0. The van der Waals surface area contributed by atoms with Crippen molar-refractivity contribution in [1.29, 1.82) is 0 Å². The van der Waals surface area contributed by atoms with Crippen LogP contribution in [0.25, 0.3) is 0 Å². The third kappa shape index (κ3) is 3.43. The minimum Gasteiger partial charge on any atom is -0.489 e. The van der Waals surface area contributed by atoms with Gasteiger partial charge in [0, 0.05) is 0 Å². The first kappa shape index (κ1) is 14.8. The summed E-state index contributed by atoms with van der Waals surface area (Å²) in [5, 5.41) is 0. The van der Waals surface area contributed by atoms with E-state index >= 15 is 0 Å². The highest BCUT2D eigenvalue weighted by Crippen LogP contribution is 2.21. The van der Waals surface area contributed by atoms with Gasteiger partial charge in [-0.3, -0.25) is 0 Å². The predicted octanol–water partition coefficient (Wildman–Crippen LogP) is 4.94. The highest BCUT2D eigenvalue weighted by Gasteiger charge is 2.06. The molecule has 0 fully saturated rings. The summed E-state index contributed by atoms with van der Waals surface area (Å²) in [5.74, 6) is 1.81. The average molecular weight is 316 g/mol. The summed E-state index contributed by atoms with van der Waals surface area (Å²) in [7, 11) is 0. The second kappa shape index (κ2) is 6.79. The van der Waals surface area contributed by atoms with E-state index in [-0.39, 0.29) is 0 Å². The fourth-order valence-electron chi connectivity index (χ4n) is 2.95. The maximum atomic E-state index is 5.95. The molecule has 2 nitrogen and oxygen atoms in total. The standard InChI is InChI=1S/C22H20O2/c1-2-4-20-16-24-22-13-9-18(10-14-22)6-5-17-7-11-21(12-8-17)23-15-19(20)3-1/h1-4,7-14H,5-6,15-16H2. The third-order valence-corrected chi connectivity index (χ3v) is 4.46. The highest BCUT2D eigenvalue weighted by molar-refractivity contribution is 5.33. The van der Waals surface area contributed by atoms with E-state index in [4.69, 9.17) is 9.47 Å². The monoisotopic (exact) mass is 316 g/mol. The van der Waals surface area contributed by atoms with Crippen LogP contribution in [0.4, 0.5) is 0 Å². The summed E-state index contributed by atoms with van der Waals surface area (Å²) in [4.78, 5) is 0. The highest BCUT2D eigenvalue weighted by atomic mass is 16.5. The SMILES string of the molecule is c1ccc2c(c1)COc1ccc(cc1)CCc1ccc(cc1)OC2. The molecule has 0 aromatic heterocycles. The van der Waals surface area contributed by atoms with Gasteiger partial charge in [-0.2, -0.15) is 0 Å². The lowest BCUT2D eigenvalue weighted by Gasteiger charge is -2.14. The van der Waals surface area contributed by atoms with E-state index in [0.29, 0.717) is 13.2 Å². The molecule has 0 aliphatic carbocycles. The minimum atomic E-state index is 0.553. The minimum absolute atomic E-state index is 0.553. The molecule has 0 amide bonds. The molecule has 0 spiro atoms. The van der Waals surface area contributed by atoms with Crippen molar-refractivity contribution in [2.24, 2.45) is 0 Å². The van der Waals surface area contributed by atoms with Crippen LogP contribution in [-0.2, 0) is 26.1 Å². The van der Waals surface area contributed by atoms with Gasteiger partial charge in [-0.15, -0.1) is 0 Å². The number of rotatable bonds is 0. The molecule has 24 heavy (non-hydrogen) atoms. The molecule has 0 radical (unpaired) electrons. The Morgan fingerprint density at radius 2 is 0.917 bits per heavy atom. The first-order chi connectivity index (χ1) is 11.9. The Balaban J connectivity index is 1.67. The fourth-order valence-corrected chi connectivity index (χ4v) is 2.95. The maximum Gasteiger partial charge on any atom is 0.119 e. The van der Waals surface area contributed by atoms with Crippen LogP contribution in [0.15, 0.2) is 72.8 Å². The predicted molar refractivity (Wildman–Crippen MR) is 95.4 cm³/mol. The zero-order chi connectivity index (χ0) is 16.2. The lowest BCUT2D eigenvalue weighted by Crippen LogP contribution is -2.04. The van der Waals surface area contributed by atoms with E-state index in [2.05, 4.69) is 60.7 Å². The topological polar surface area (TPSA) is 18.5 Å². The van der Waals surface area contributed by atoms with Crippen molar-refractivity contribution in [3.8, 4) is 11.5 Å². The quantitative estimate of drug-likeness (QED) is 0.584. The van der Waals surface area contributed by atoms with E-state index in [1.54, 1.807) is 0 Å². The van der Waals surface area contributed by atoms with Gasteiger partial charge in [0.15, 0.2) is 0 Å². The summed E-state index contributed by atoms with van der Waals surface area (Å²) in [6.45, 7) is 1.11. The van der Waals surface area contributed by atoms with Crippen molar-refractivity contribution in [2.45, 2.75) is 26.1 Å². The lowest BCUT2D eigenvalue weighted by molar-refractivity contribution is 0.285. The van der Waals surface area contributed by atoms with Gasteiger partial charge in [0.25, 0.3) is 0 Å². The molecule has 0 atom stereocenters. The molecule has 4 aliphatic rings.